The van der Waals surface area contributed by atoms with Crippen LogP contribution in [0.15, 0.2) is 30.8 Å². The van der Waals surface area contributed by atoms with E-state index in [0.717, 1.165) is 22.4 Å². The van der Waals surface area contributed by atoms with E-state index >= 15 is 0 Å². The zero-order chi connectivity index (χ0) is 10.3. The van der Waals surface area contributed by atoms with E-state index in [1.807, 2.05) is 24.3 Å². The second kappa shape index (κ2) is 2.84. The minimum atomic E-state index is 0.718. The molecule has 0 unspecified atom stereocenters. The van der Waals surface area contributed by atoms with Crippen LogP contribution in [0.3, 0.4) is 0 Å². The Balaban J connectivity index is 2.48. The fourth-order valence-electron chi connectivity index (χ4n) is 1.52. The molecule has 5 nitrogen and oxygen atoms in total. The average molecular weight is 197 g/mol. The third kappa shape index (κ3) is 1.10. The van der Waals surface area contributed by atoms with Gasteiger partial charge in [-0.15, -0.1) is 5.10 Å². The van der Waals surface area contributed by atoms with Gasteiger partial charge in [-0.25, -0.2) is 4.98 Å². The van der Waals surface area contributed by atoms with Crippen molar-refractivity contribution in [2.24, 2.45) is 0 Å². The first-order valence-corrected chi connectivity index (χ1v) is 4.49. The predicted molar refractivity (Wildman–Crippen MR) is 56.2 cm³/mol. The van der Waals surface area contributed by atoms with Crippen molar-refractivity contribution in [1.29, 1.82) is 0 Å². The number of pyridine rings is 2. The van der Waals surface area contributed by atoms with Crippen LogP contribution in [0, 0.1) is 0 Å². The van der Waals surface area contributed by atoms with Crippen molar-refractivity contribution in [3.63, 3.8) is 0 Å². The summed E-state index contributed by atoms with van der Waals surface area (Å²) >= 11 is 0. The molecule has 0 radical (unpaired) electrons. The van der Waals surface area contributed by atoms with Crippen molar-refractivity contribution in [2.45, 2.75) is 0 Å². The number of aromatic nitrogens is 5. The van der Waals surface area contributed by atoms with E-state index in [1.54, 1.807) is 10.6 Å². The first-order valence-electron chi connectivity index (χ1n) is 4.49. The third-order valence-corrected chi connectivity index (χ3v) is 2.25. The second-order valence-electron chi connectivity index (χ2n) is 3.13. The molecule has 0 aromatic carbocycles. The number of nitrogens with zero attached hydrogens (tertiary/aromatic N) is 5. The molecule has 5 heteroatoms. The smallest absolute Gasteiger partial charge is 0.180 e. The van der Waals surface area contributed by atoms with Crippen LogP contribution < -0.4 is 0 Å². The molecule has 0 aliphatic rings. The van der Waals surface area contributed by atoms with E-state index in [0.29, 0.717) is 0 Å². The molecule has 0 amide bonds. The number of fused-ring (bicyclic) bond motifs is 3. The van der Waals surface area contributed by atoms with Gasteiger partial charge in [0.25, 0.3) is 0 Å². The molecule has 0 aliphatic carbocycles. The summed E-state index contributed by atoms with van der Waals surface area (Å²) in [5.74, 6) is 0. The summed E-state index contributed by atoms with van der Waals surface area (Å²) in [7, 11) is 0. The van der Waals surface area contributed by atoms with Gasteiger partial charge in [0, 0.05) is 0 Å². The van der Waals surface area contributed by atoms with Gasteiger partial charge in [-0.05, 0) is 40.8 Å². The van der Waals surface area contributed by atoms with Crippen LogP contribution in [-0.4, -0.2) is 25.0 Å². The Hall–Kier alpha value is -2.30. The highest BCUT2D eigenvalue weighted by Gasteiger charge is 2.03. The number of hydrogen-bond donors (Lipinski definition) is 0. The Morgan fingerprint density at radius 2 is 2.13 bits per heavy atom. The summed E-state index contributed by atoms with van der Waals surface area (Å²) in [6, 6.07) is 7.55. The lowest BCUT2D eigenvalue weighted by atomic mass is 10.3. The van der Waals surface area contributed by atoms with E-state index in [2.05, 4.69) is 27.1 Å². The fourth-order valence-corrected chi connectivity index (χ4v) is 1.52. The molecule has 0 N–H and O–H groups in total. The summed E-state index contributed by atoms with van der Waals surface area (Å²) in [4.78, 5) is 4.39. The van der Waals surface area contributed by atoms with Gasteiger partial charge in [0.2, 0.25) is 0 Å². The first kappa shape index (κ1) is 8.05. The first-order chi connectivity index (χ1) is 7.38. The summed E-state index contributed by atoms with van der Waals surface area (Å²) in [5, 5.41) is 11.4. The van der Waals surface area contributed by atoms with Crippen LogP contribution in [0.4, 0.5) is 0 Å². The van der Waals surface area contributed by atoms with Crippen LogP contribution in [0.2, 0.25) is 0 Å². The summed E-state index contributed by atoms with van der Waals surface area (Å²) in [6.45, 7) is 3.68. The summed E-state index contributed by atoms with van der Waals surface area (Å²) < 4.78 is 1.66. The van der Waals surface area contributed by atoms with Crippen molar-refractivity contribution in [1.82, 2.24) is 25.0 Å². The van der Waals surface area contributed by atoms with Crippen molar-refractivity contribution in [2.75, 3.05) is 0 Å². The van der Waals surface area contributed by atoms with E-state index in [9.17, 15) is 0 Å². The van der Waals surface area contributed by atoms with Gasteiger partial charge in [0.15, 0.2) is 5.65 Å². The van der Waals surface area contributed by atoms with Crippen LogP contribution in [0.5, 0.6) is 0 Å². The maximum absolute atomic E-state index is 4.39. The Kier molecular flexibility index (Phi) is 1.53. The molecule has 0 saturated carbocycles. The normalized spacial score (nSPS) is 10.9. The number of hydrogen-bond acceptors (Lipinski definition) is 4. The van der Waals surface area contributed by atoms with Gasteiger partial charge in [-0.3, -0.25) is 0 Å². The molecular weight excluding hydrogens is 190 g/mol. The van der Waals surface area contributed by atoms with E-state index in [4.69, 9.17) is 0 Å². The van der Waals surface area contributed by atoms with E-state index in [1.165, 1.54) is 0 Å². The molecule has 72 valence electrons. The highest BCUT2D eigenvalue weighted by atomic mass is 15.5. The zero-order valence-corrected chi connectivity index (χ0v) is 7.83. The van der Waals surface area contributed by atoms with Crippen LogP contribution in [0.25, 0.3) is 22.8 Å². The number of rotatable bonds is 1. The molecule has 0 bridgehead atoms. The Labute approximate surface area is 85.1 Å². The van der Waals surface area contributed by atoms with Crippen LogP contribution >= 0.6 is 0 Å². The van der Waals surface area contributed by atoms with Gasteiger partial charge in [-0.2, -0.15) is 4.52 Å². The predicted octanol–water partition coefficient (Wildman–Crippen LogP) is 1.32. The lowest BCUT2D eigenvalue weighted by molar-refractivity contribution is 0.841. The average Bonchev–Trinajstić information content (AvgIpc) is 2.76. The Morgan fingerprint density at radius 3 is 3.00 bits per heavy atom. The van der Waals surface area contributed by atoms with Crippen molar-refractivity contribution < 1.29 is 0 Å². The van der Waals surface area contributed by atoms with Gasteiger partial charge in [0.1, 0.15) is 0 Å². The lowest BCUT2D eigenvalue weighted by Gasteiger charge is -1.99. The molecule has 0 atom stereocenters. The van der Waals surface area contributed by atoms with Crippen molar-refractivity contribution >= 4 is 22.8 Å². The molecule has 3 heterocycles. The van der Waals surface area contributed by atoms with Gasteiger partial charge in [0.05, 0.1) is 16.7 Å². The molecule has 15 heavy (non-hydrogen) atoms. The van der Waals surface area contributed by atoms with Crippen molar-refractivity contribution in [3.8, 4) is 0 Å². The molecule has 0 aliphatic heterocycles. The lowest BCUT2D eigenvalue weighted by Crippen LogP contribution is -1.93. The standard InChI is InChI=1S/C10H7N5/c1-2-7-3-5-9-8(11-7)4-6-10-12-13-14-15(9)10/h2-6H,1H2. The minimum absolute atomic E-state index is 0.718. The topological polar surface area (TPSA) is 56.0 Å². The van der Waals surface area contributed by atoms with Crippen molar-refractivity contribution in [3.05, 3.63) is 36.5 Å². The Bertz CT molecular complexity index is 655. The summed E-state index contributed by atoms with van der Waals surface area (Å²) in [6.07, 6.45) is 1.71. The highest BCUT2D eigenvalue weighted by molar-refractivity contribution is 5.78. The maximum atomic E-state index is 4.39. The molecule has 0 fully saturated rings. The minimum Gasteiger partial charge on any atom is -0.247 e. The monoisotopic (exact) mass is 197 g/mol. The molecule has 3 rings (SSSR count). The van der Waals surface area contributed by atoms with Crippen LogP contribution in [-0.2, 0) is 0 Å². The largest absolute Gasteiger partial charge is 0.247 e. The molecule has 0 saturated heterocycles. The van der Waals surface area contributed by atoms with Gasteiger partial charge in [-0.1, -0.05) is 6.58 Å². The van der Waals surface area contributed by atoms with Crippen LogP contribution in [0.1, 0.15) is 5.69 Å². The SMILES string of the molecule is C=Cc1ccc2c(ccc3nnnn32)n1. The van der Waals surface area contributed by atoms with E-state index < -0.39 is 0 Å². The maximum Gasteiger partial charge on any atom is 0.180 e. The molecule has 3 aromatic rings. The zero-order valence-electron chi connectivity index (χ0n) is 7.83. The molecule has 0 spiro atoms. The fraction of sp³-hybridized carbons (Fsp3) is 0. The Morgan fingerprint density at radius 1 is 1.20 bits per heavy atom. The second-order valence-corrected chi connectivity index (χ2v) is 3.13. The molecule has 3 aromatic heterocycles. The van der Waals surface area contributed by atoms with E-state index in [-0.39, 0.29) is 0 Å². The third-order valence-electron chi connectivity index (χ3n) is 2.25. The quantitative estimate of drug-likeness (QED) is 0.590. The highest BCUT2D eigenvalue weighted by Crippen LogP contribution is 2.13. The molecular formula is C10H7N5. The number of tetrazole rings is 1. The van der Waals surface area contributed by atoms with Gasteiger partial charge < -0.3 is 0 Å². The van der Waals surface area contributed by atoms with Gasteiger partial charge >= 0.3 is 0 Å². The summed E-state index contributed by atoms with van der Waals surface area (Å²) in [5.41, 5.74) is 3.31.